The summed E-state index contributed by atoms with van der Waals surface area (Å²) in [7, 11) is 1.66. The van der Waals surface area contributed by atoms with Gasteiger partial charge in [0, 0.05) is 6.54 Å². The van der Waals surface area contributed by atoms with Crippen molar-refractivity contribution in [3.8, 4) is 11.5 Å². The normalized spacial score (nSPS) is 11.0. The molecule has 0 saturated carbocycles. The zero-order valence-electron chi connectivity index (χ0n) is 17.4. The van der Waals surface area contributed by atoms with Gasteiger partial charge in [-0.3, -0.25) is 0 Å². The summed E-state index contributed by atoms with van der Waals surface area (Å²) in [6.07, 6.45) is 0. The van der Waals surface area contributed by atoms with E-state index in [4.69, 9.17) is 14.5 Å². The van der Waals surface area contributed by atoms with Crippen LogP contribution in [0.5, 0.6) is 11.5 Å². The van der Waals surface area contributed by atoms with E-state index in [0.717, 1.165) is 34.9 Å². The Morgan fingerprint density at radius 1 is 0.862 bits per heavy atom. The summed E-state index contributed by atoms with van der Waals surface area (Å²) in [6.45, 7) is 7.69. The Balaban J connectivity index is 1.67. The lowest BCUT2D eigenvalue weighted by Gasteiger charge is -2.15. The lowest BCUT2D eigenvalue weighted by Crippen LogP contribution is -2.10. The first-order chi connectivity index (χ1) is 14.0. The zero-order valence-corrected chi connectivity index (χ0v) is 17.4. The number of ether oxygens (including phenoxy) is 2. The Morgan fingerprint density at radius 2 is 1.52 bits per heavy atom. The number of fused-ring (bicyclic) bond motifs is 1. The summed E-state index contributed by atoms with van der Waals surface area (Å²) in [5.74, 6) is 2.53. The highest BCUT2D eigenvalue weighted by Crippen LogP contribution is 2.24. The molecule has 0 bridgehead atoms. The predicted molar refractivity (Wildman–Crippen MR) is 117 cm³/mol. The molecule has 0 aliphatic heterocycles. The average molecular weight is 386 g/mol. The van der Waals surface area contributed by atoms with Crippen LogP contribution in [0, 0.1) is 20.8 Å². The highest BCUT2D eigenvalue weighted by atomic mass is 16.5. The van der Waals surface area contributed by atoms with E-state index in [1.165, 1.54) is 22.3 Å². The molecular weight excluding hydrogens is 360 g/mol. The van der Waals surface area contributed by atoms with Crippen LogP contribution in [0.4, 0.5) is 0 Å². The predicted octanol–water partition coefficient (Wildman–Crippen LogP) is 5.60. The minimum atomic E-state index is 0.408. The first-order valence-electron chi connectivity index (χ1n) is 9.83. The summed E-state index contributed by atoms with van der Waals surface area (Å²) in [5.41, 5.74) is 7.36. The minimum Gasteiger partial charge on any atom is -0.497 e. The molecule has 4 nitrogen and oxygen atoms in total. The van der Waals surface area contributed by atoms with Crippen molar-refractivity contribution < 1.29 is 9.47 Å². The smallest absolute Gasteiger partial charge is 0.148 e. The molecule has 3 aromatic carbocycles. The maximum absolute atomic E-state index is 6.04. The van der Waals surface area contributed by atoms with Gasteiger partial charge in [0.15, 0.2) is 0 Å². The molecular formula is C25H26N2O2. The molecule has 0 N–H and O–H groups in total. The first kappa shape index (κ1) is 19.1. The fourth-order valence-electron chi connectivity index (χ4n) is 3.85. The SMILES string of the molecule is COc1ccc(OCc2nc3ccccc3n2Cc2c(C)cc(C)cc2C)cc1. The van der Waals surface area contributed by atoms with Crippen LogP contribution in [0.25, 0.3) is 11.0 Å². The number of aryl methyl sites for hydroxylation is 3. The molecule has 0 saturated heterocycles. The molecule has 0 spiro atoms. The number of nitrogens with zero attached hydrogens (tertiary/aromatic N) is 2. The number of benzene rings is 3. The van der Waals surface area contributed by atoms with Crippen LogP contribution in [0.3, 0.4) is 0 Å². The number of para-hydroxylation sites is 2. The van der Waals surface area contributed by atoms with Gasteiger partial charge in [0.2, 0.25) is 0 Å². The van der Waals surface area contributed by atoms with Gasteiger partial charge in [0.1, 0.15) is 23.9 Å². The lowest BCUT2D eigenvalue weighted by molar-refractivity contribution is 0.290. The van der Waals surface area contributed by atoms with Crippen molar-refractivity contribution in [3.05, 3.63) is 88.7 Å². The van der Waals surface area contributed by atoms with Gasteiger partial charge in [-0.15, -0.1) is 0 Å². The van der Waals surface area contributed by atoms with Gasteiger partial charge >= 0.3 is 0 Å². The zero-order chi connectivity index (χ0) is 20.4. The van der Waals surface area contributed by atoms with Crippen molar-refractivity contribution in [3.63, 3.8) is 0 Å². The summed E-state index contributed by atoms with van der Waals surface area (Å²) in [5, 5.41) is 0. The molecule has 0 radical (unpaired) electrons. The molecule has 29 heavy (non-hydrogen) atoms. The molecule has 0 fully saturated rings. The lowest BCUT2D eigenvalue weighted by atomic mass is 10.00. The minimum absolute atomic E-state index is 0.408. The first-order valence-corrected chi connectivity index (χ1v) is 9.83. The number of methoxy groups -OCH3 is 1. The van der Waals surface area contributed by atoms with E-state index < -0.39 is 0 Å². The Kier molecular flexibility index (Phi) is 5.26. The maximum atomic E-state index is 6.04. The van der Waals surface area contributed by atoms with Crippen LogP contribution in [-0.4, -0.2) is 16.7 Å². The Labute approximate surface area is 171 Å². The molecule has 0 atom stereocenters. The standard InChI is InChI=1S/C25H26N2O2/c1-17-13-18(2)22(19(3)14-17)15-27-24-8-6-5-7-23(24)26-25(27)16-29-21-11-9-20(28-4)10-12-21/h5-14H,15-16H2,1-4H3. The quantitative estimate of drug-likeness (QED) is 0.433. The van der Waals surface area contributed by atoms with Crippen molar-refractivity contribution >= 4 is 11.0 Å². The molecule has 1 heterocycles. The Morgan fingerprint density at radius 3 is 2.21 bits per heavy atom. The third-order valence-corrected chi connectivity index (χ3v) is 5.32. The van der Waals surface area contributed by atoms with Crippen molar-refractivity contribution in [2.45, 2.75) is 33.9 Å². The second kappa shape index (κ2) is 8.00. The van der Waals surface area contributed by atoms with Crippen molar-refractivity contribution in [1.29, 1.82) is 0 Å². The summed E-state index contributed by atoms with van der Waals surface area (Å²) < 4.78 is 13.5. The Bertz CT molecular complexity index is 1120. The summed E-state index contributed by atoms with van der Waals surface area (Å²) in [4.78, 5) is 4.85. The van der Waals surface area contributed by atoms with E-state index in [-0.39, 0.29) is 0 Å². The van der Waals surface area contributed by atoms with Crippen LogP contribution in [0.2, 0.25) is 0 Å². The van der Waals surface area contributed by atoms with Crippen LogP contribution in [0.1, 0.15) is 28.1 Å². The Hall–Kier alpha value is -3.27. The second-order valence-electron chi connectivity index (χ2n) is 7.44. The van der Waals surface area contributed by atoms with E-state index in [1.807, 2.05) is 30.3 Å². The van der Waals surface area contributed by atoms with Gasteiger partial charge in [-0.2, -0.15) is 0 Å². The number of hydrogen-bond donors (Lipinski definition) is 0. The summed E-state index contributed by atoms with van der Waals surface area (Å²) >= 11 is 0. The monoisotopic (exact) mass is 386 g/mol. The van der Waals surface area contributed by atoms with E-state index in [2.05, 4.69) is 55.7 Å². The highest BCUT2D eigenvalue weighted by Gasteiger charge is 2.14. The van der Waals surface area contributed by atoms with Gasteiger partial charge in [-0.1, -0.05) is 29.8 Å². The van der Waals surface area contributed by atoms with Crippen molar-refractivity contribution in [2.75, 3.05) is 7.11 Å². The molecule has 1 aromatic heterocycles. The van der Waals surface area contributed by atoms with Crippen molar-refractivity contribution in [1.82, 2.24) is 9.55 Å². The number of aromatic nitrogens is 2. The highest BCUT2D eigenvalue weighted by molar-refractivity contribution is 5.76. The maximum Gasteiger partial charge on any atom is 0.148 e. The van der Waals surface area contributed by atoms with Crippen LogP contribution in [-0.2, 0) is 13.2 Å². The third-order valence-electron chi connectivity index (χ3n) is 5.32. The molecule has 4 aromatic rings. The largest absolute Gasteiger partial charge is 0.497 e. The van der Waals surface area contributed by atoms with E-state index in [1.54, 1.807) is 7.11 Å². The second-order valence-corrected chi connectivity index (χ2v) is 7.44. The van der Waals surface area contributed by atoms with Gasteiger partial charge in [-0.25, -0.2) is 4.98 Å². The van der Waals surface area contributed by atoms with Gasteiger partial charge in [-0.05, 0) is 73.9 Å². The molecule has 0 aliphatic carbocycles. The molecule has 0 unspecified atom stereocenters. The third kappa shape index (κ3) is 3.97. The van der Waals surface area contributed by atoms with Crippen LogP contribution in [0.15, 0.2) is 60.7 Å². The van der Waals surface area contributed by atoms with Crippen LogP contribution >= 0.6 is 0 Å². The number of rotatable bonds is 6. The van der Waals surface area contributed by atoms with Crippen molar-refractivity contribution in [2.24, 2.45) is 0 Å². The van der Waals surface area contributed by atoms with Crippen LogP contribution < -0.4 is 9.47 Å². The molecule has 4 rings (SSSR count). The molecule has 148 valence electrons. The molecule has 0 amide bonds. The molecule has 0 aliphatic rings. The van der Waals surface area contributed by atoms with Gasteiger partial charge in [0.05, 0.1) is 18.1 Å². The molecule has 4 heteroatoms. The van der Waals surface area contributed by atoms with Gasteiger partial charge in [0.25, 0.3) is 0 Å². The van der Waals surface area contributed by atoms with E-state index in [9.17, 15) is 0 Å². The van der Waals surface area contributed by atoms with E-state index in [0.29, 0.717) is 6.61 Å². The summed E-state index contributed by atoms with van der Waals surface area (Å²) in [6, 6.07) is 20.4. The van der Waals surface area contributed by atoms with E-state index >= 15 is 0 Å². The topological polar surface area (TPSA) is 36.3 Å². The fourth-order valence-corrected chi connectivity index (χ4v) is 3.85. The number of hydrogen-bond acceptors (Lipinski definition) is 3. The average Bonchev–Trinajstić information content (AvgIpc) is 3.07. The fraction of sp³-hybridized carbons (Fsp3) is 0.240. The number of imidazole rings is 1. The van der Waals surface area contributed by atoms with Gasteiger partial charge < -0.3 is 14.0 Å².